The summed E-state index contributed by atoms with van der Waals surface area (Å²) in [4.78, 5) is 66.6. The largest absolute Gasteiger partial charge is 0.435 e. The first-order valence-corrected chi connectivity index (χ1v) is 23.4. The second-order valence-electron chi connectivity index (χ2n) is 17.0. The number of carbonyl (C=O) groups excluding carboxylic acids is 5. The van der Waals surface area contributed by atoms with Gasteiger partial charge in [0.15, 0.2) is 11.6 Å². The van der Waals surface area contributed by atoms with Crippen LogP contribution in [0.5, 0.6) is 0 Å². The zero-order valence-electron chi connectivity index (χ0n) is 39.7. The standard InChI is InChI=1S/C26H19ClF7N3O3.C25H15Cl2F7N2O3/c1-13-8-14(9-19(27)22(13)28)24(26(32,33)34)10-20(37-40-24)17-6-7-18(16-5-3-2-4-15(16)17)23(39)35-11-21(38)36-12-25(29,30)31;26-18-7-12(8-19(27)22(18)28)17(25(32,33)34)9-20(37)15-5-6-16(14-4-2-1-3-13(14)15)23(39)35-10-21(38)36-11-24(29,30)31/h2-9H,10-12H2,1H3,(H,35,39)(H,36,38);1-9H,10-11H2,(H,35,39)(H,36,38). The van der Waals surface area contributed by atoms with Crippen molar-refractivity contribution in [3.63, 3.8) is 0 Å². The molecule has 0 fully saturated rings. The van der Waals surface area contributed by atoms with Crippen LogP contribution in [0, 0.1) is 18.6 Å². The van der Waals surface area contributed by atoms with Gasteiger partial charge in [-0.25, -0.2) is 8.78 Å². The van der Waals surface area contributed by atoms with Gasteiger partial charge in [0, 0.05) is 34.2 Å². The molecule has 6 aromatic rings. The third-order valence-electron chi connectivity index (χ3n) is 11.4. The smallest absolute Gasteiger partial charge is 0.374 e. The molecule has 0 radical (unpaired) electrons. The molecule has 0 saturated carbocycles. The highest BCUT2D eigenvalue weighted by Crippen LogP contribution is 2.50. The molecule has 0 saturated heterocycles. The van der Waals surface area contributed by atoms with Crippen molar-refractivity contribution >= 4 is 97.0 Å². The average molecular weight is 1190 g/mol. The van der Waals surface area contributed by atoms with Crippen LogP contribution < -0.4 is 21.3 Å². The van der Waals surface area contributed by atoms with E-state index in [-0.39, 0.29) is 55.8 Å². The van der Waals surface area contributed by atoms with E-state index >= 15 is 0 Å². The molecular weight excluding hydrogens is 1150 g/mol. The number of rotatable bonds is 13. The monoisotopic (exact) mass is 1180 g/mol. The molecule has 418 valence electrons. The van der Waals surface area contributed by atoms with Crippen molar-refractivity contribution in [3.8, 4) is 0 Å². The maximum absolute atomic E-state index is 14.4. The topological polar surface area (TPSA) is 155 Å². The van der Waals surface area contributed by atoms with E-state index < -0.39 is 136 Å². The van der Waals surface area contributed by atoms with Crippen molar-refractivity contribution in [1.29, 1.82) is 0 Å². The van der Waals surface area contributed by atoms with E-state index in [0.29, 0.717) is 17.5 Å². The van der Waals surface area contributed by atoms with E-state index in [1.807, 2.05) is 0 Å². The Morgan fingerprint density at radius 1 is 0.595 bits per heavy atom. The highest BCUT2D eigenvalue weighted by molar-refractivity contribution is 6.35. The van der Waals surface area contributed by atoms with Crippen molar-refractivity contribution in [2.45, 2.75) is 43.7 Å². The van der Waals surface area contributed by atoms with Crippen molar-refractivity contribution in [3.05, 3.63) is 169 Å². The molecule has 1 aliphatic rings. The number of aryl methyl sites for hydroxylation is 1. The number of hydrogen-bond donors (Lipinski definition) is 4. The number of carbonyl (C=O) groups is 5. The van der Waals surface area contributed by atoms with E-state index in [1.54, 1.807) is 22.8 Å². The highest BCUT2D eigenvalue weighted by Gasteiger charge is 2.62. The van der Waals surface area contributed by atoms with Gasteiger partial charge in [0.25, 0.3) is 17.4 Å². The lowest BCUT2D eigenvalue weighted by Gasteiger charge is -2.30. The number of alkyl halides is 12. The lowest BCUT2D eigenvalue weighted by atomic mass is 9.84. The van der Waals surface area contributed by atoms with Crippen LogP contribution in [0.1, 0.15) is 59.7 Å². The Kier molecular flexibility index (Phi) is 18.3. The van der Waals surface area contributed by atoms with Gasteiger partial charge in [0.1, 0.15) is 18.9 Å². The average Bonchev–Trinajstić information content (AvgIpc) is 4.06. The van der Waals surface area contributed by atoms with Crippen molar-refractivity contribution in [1.82, 2.24) is 21.3 Å². The Balaban J connectivity index is 0.000000255. The number of hydrogen-bond acceptors (Lipinski definition) is 7. The molecule has 11 nitrogen and oxygen atoms in total. The van der Waals surface area contributed by atoms with Gasteiger partial charge in [-0.1, -0.05) is 94.6 Å². The predicted molar refractivity (Wildman–Crippen MR) is 262 cm³/mol. The molecule has 0 aromatic heterocycles. The summed E-state index contributed by atoms with van der Waals surface area (Å²) in [6.07, 6.45) is -19.8. The summed E-state index contributed by atoms with van der Waals surface area (Å²) in [6.45, 7) is -3.41. The molecule has 79 heavy (non-hydrogen) atoms. The molecular formula is C51H34Cl3F14N5O6. The molecule has 0 bridgehead atoms. The summed E-state index contributed by atoms with van der Waals surface area (Å²) < 4.78 is 186. The molecule has 0 aliphatic carbocycles. The maximum atomic E-state index is 14.4. The second-order valence-corrected chi connectivity index (χ2v) is 18.2. The van der Waals surface area contributed by atoms with Crippen LogP contribution in [0.3, 0.4) is 0 Å². The third-order valence-corrected chi connectivity index (χ3v) is 12.3. The summed E-state index contributed by atoms with van der Waals surface area (Å²) >= 11 is 17.1. The number of nitrogens with one attached hydrogen (secondary N) is 4. The molecule has 0 spiro atoms. The van der Waals surface area contributed by atoms with Gasteiger partial charge in [0.05, 0.1) is 39.4 Å². The van der Waals surface area contributed by atoms with E-state index in [0.717, 1.165) is 24.3 Å². The number of benzene rings is 6. The Bertz CT molecular complexity index is 3410. The summed E-state index contributed by atoms with van der Waals surface area (Å²) in [5.41, 5.74) is -5.81. The Labute approximate surface area is 450 Å². The molecule has 4 N–H and O–H groups in total. The number of ketones is 1. The number of halogens is 17. The van der Waals surface area contributed by atoms with Crippen molar-refractivity contribution in [2.24, 2.45) is 5.16 Å². The van der Waals surface area contributed by atoms with Crippen molar-refractivity contribution in [2.75, 3.05) is 26.2 Å². The second kappa shape index (κ2) is 23.8. The van der Waals surface area contributed by atoms with Crippen LogP contribution >= 0.6 is 34.8 Å². The van der Waals surface area contributed by atoms with Crippen LogP contribution in [0.25, 0.3) is 27.1 Å². The van der Waals surface area contributed by atoms with E-state index in [9.17, 15) is 85.4 Å². The minimum atomic E-state index is -5.07. The minimum Gasteiger partial charge on any atom is -0.374 e. The summed E-state index contributed by atoms with van der Waals surface area (Å²) in [7, 11) is 0. The lowest BCUT2D eigenvalue weighted by Crippen LogP contribution is -2.42. The van der Waals surface area contributed by atoms with Gasteiger partial charge >= 0.3 is 24.7 Å². The zero-order valence-corrected chi connectivity index (χ0v) is 41.9. The Morgan fingerprint density at radius 2 is 1.04 bits per heavy atom. The maximum Gasteiger partial charge on any atom is 0.435 e. The highest BCUT2D eigenvalue weighted by atomic mass is 35.5. The van der Waals surface area contributed by atoms with Crippen LogP contribution in [0.15, 0.2) is 108 Å². The molecule has 1 heterocycles. The summed E-state index contributed by atoms with van der Waals surface area (Å²) in [6, 6.07) is 19.9. The number of fused-ring (bicyclic) bond motifs is 2. The van der Waals surface area contributed by atoms with Gasteiger partial charge < -0.3 is 26.1 Å². The minimum absolute atomic E-state index is 0.0190. The van der Waals surface area contributed by atoms with Crippen LogP contribution in [0.4, 0.5) is 61.5 Å². The first kappa shape index (κ1) is 60.7. The lowest BCUT2D eigenvalue weighted by molar-refractivity contribution is -0.275. The molecule has 1 atom stereocenters. The number of nitrogens with zero attached hydrogens (tertiary/aromatic N) is 1. The first-order chi connectivity index (χ1) is 36.7. The zero-order chi connectivity index (χ0) is 58.6. The van der Waals surface area contributed by atoms with E-state index in [4.69, 9.17) is 39.6 Å². The fraction of sp³-hybridized carbons (Fsp3) is 0.216. The van der Waals surface area contributed by atoms with Gasteiger partial charge in [-0.3, -0.25) is 24.0 Å². The Hall–Kier alpha value is -7.51. The van der Waals surface area contributed by atoms with Gasteiger partial charge in [-0.05, 0) is 88.1 Å². The molecule has 4 amide bonds. The molecule has 6 aromatic carbocycles. The molecule has 28 heteroatoms. The van der Waals surface area contributed by atoms with Gasteiger partial charge in [-0.2, -0.15) is 52.7 Å². The van der Waals surface area contributed by atoms with Crippen LogP contribution in [-0.2, 0) is 20.0 Å². The number of allylic oxidation sites excluding steroid dienone is 2. The SMILES string of the molecule is Cc1cc(C2(C(F)(F)F)CC(c3ccc(C(=O)NCC(=O)NCC(F)(F)F)c4ccccc34)=NO2)cc(Cl)c1F.O=C(CNC(=O)c1ccc(C(=O)C=C(c2cc(Cl)c(F)c(Cl)c2)C(F)(F)F)c2ccccc12)NCC(F)(F)F. The van der Waals surface area contributed by atoms with E-state index in [1.165, 1.54) is 55.5 Å². The van der Waals surface area contributed by atoms with Gasteiger partial charge in [-0.15, -0.1) is 0 Å². The third kappa shape index (κ3) is 14.6. The van der Waals surface area contributed by atoms with Crippen molar-refractivity contribution < 1.29 is 90.3 Å². The number of oxime groups is 1. The summed E-state index contributed by atoms with van der Waals surface area (Å²) in [5, 5.41) is 10.2. The van der Waals surface area contributed by atoms with Gasteiger partial charge in [0.2, 0.25) is 11.8 Å². The molecule has 1 aliphatic heterocycles. The predicted octanol–water partition coefficient (Wildman–Crippen LogP) is 12.5. The van der Waals surface area contributed by atoms with E-state index in [2.05, 4.69) is 15.8 Å². The van der Waals surface area contributed by atoms with Crippen LogP contribution in [-0.4, -0.2) is 86.0 Å². The number of amides is 4. The summed E-state index contributed by atoms with van der Waals surface area (Å²) in [5.74, 6) is -6.96. The fourth-order valence-corrected chi connectivity index (χ4v) is 8.51. The molecule has 1 unspecified atom stereocenters. The quantitative estimate of drug-likeness (QED) is 0.0391. The Morgan fingerprint density at radius 3 is 1.51 bits per heavy atom. The fourth-order valence-electron chi connectivity index (χ4n) is 7.75. The first-order valence-electron chi connectivity index (χ1n) is 22.2. The molecule has 7 rings (SSSR count). The van der Waals surface area contributed by atoms with Crippen LogP contribution in [0.2, 0.25) is 15.1 Å². The normalized spacial score (nSPS) is 14.9.